The molecule has 2 heteroatoms. The Morgan fingerprint density at radius 2 is 2.09 bits per heavy atom. The van der Waals surface area contributed by atoms with Crippen molar-refractivity contribution in [3.8, 4) is 0 Å². The van der Waals surface area contributed by atoms with Crippen molar-refractivity contribution in [1.29, 1.82) is 0 Å². The number of halogens is 1. The number of alkyl halides is 1. The van der Waals surface area contributed by atoms with Crippen LogP contribution in [0.3, 0.4) is 0 Å². The topological polar surface area (TPSA) is 9.23 Å². The van der Waals surface area contributed by atoms with Gasteiger partial charge < -0.3 is 4.74 Å². The minimum Gasteiger partial charge on any atom is -0.377 e. The zero-order chi connectivity index (χ0) is 8.74. The third-order valence-corrected chi connectivity index (χ3v) is 2.82. The molecule has 11 heavy (non-hydrogen) atoms. The quantitative estimate of drug-likeness (QED) is 0.394. The second-order valence-electron chi connectivity index (χ2n) is 3.38. The van der Waals surface area contributed by atoms with Gasteiger partial charge in [-0.2, -0.15) is 0 Å². The first-order chi connectivity index (χ1) is 5.12. The lowest BCUT2D eigenvalue weighted by molar-refractivity contribution is 0.0940. The van der Waals surface area contributed by atoms with E-state index in [1.54, 1.807) is 0 Å². The van der Waals surface area contributed by atoms with Crippen LogP contribution in [0.4, 0.5) is 0 Å². The van der Waals surface area contributed by atoms with E-state index >= 15 is 0 Å². The molecule has 0 bridgehead atoms. The van der Waals surface area contributed by atoms with Gasteiger partial charge in [-0.1, -0.05) is 41.9 Å². The first kappa shape index (κ1) is 11.2. The molecule has 0 saturated carbocycles. The second kappa shape index (κ2) is 5.78. The summed E-state index contributed by atoms with van der Waals surface area (Å²) in [5.41, 5.74) is 0.252. The highest BCUT2D eigenvalue weighted by Crippen LogP contribution is 2.17. The van der Waals surface area contributed by atoms with Gasteiger partial charge in [0.2, 0.25) is 0 Å². The van der Waals surface area contributed by atoms with E-state index in [-0.39, 0.29) is 5.41 Å². The molecule has 1 nitrogen and oxygen atoms in total. The lowest BCUT2D eigenvalue weighted by Crippen LogP contribution is -2.20. The van der Waals surface area contributed by atoms with E-state index in [1.165, 1.54) is 0 Å². The van der Waals surface area contributed by atoms with E-state index < -0.39 is 0 Å². The zero-order valence-corrected chi connectivity index (χ0v) is 9.15. The van der Waals surface area contributed by atoms with Gasteiger partial charge in [-0.05, 0) is 12.3 Å². The van der Waals surface area contributed by atoms with Crippen LogP contribution in [0.25, 0.3) is 0 Å². The second-order valence-corrected chi connectivity index (χ2v) is 3.94. The monoisotopic (exact) mass is 220 g/mol. The van der Waals surface area contributed by atoms with Gasteiger partial charge in [-0.15, -0.1) is 0 Å². The Kier molecular flexibility index (Phi) is 5.88. The molecule has 0 aromatic rings. The van der Waals surface area contributed by atoms with E-state index in [0.717, 1.165) is 18.5 Å². The minimum atomic E-state index is 0.252. The molecule has 0 radical (unpaired) electrons. The Hall–Kier alpha value is 0.180. The molecule has 0 aliphatic heterocycles. The van der Waals surface area contributed by atoms with Gasteiger partial charge in [0.25, 0.3) is 0 Å². The number of hydrogen-bond acceptors (Lipinski definition) is 1. The fourth-order valence-corrected chi connectivity index (χ4v) is 0.700. The molecule has 0 aromatic carbocycles. The van der Waals surface area contributed by atoms with Crippen molar-refractivity contribution < 1.29 is 4.74 Å². The summed E-state index contributed by atoms with van der Waals surface area (Å²) in [6, 6.07) is 0. The first-order valence-corrected chi connectivity index (χ1v) is 4.99. The van der Waals surface area contributed by atoms with Crippen molar-refractivity contribution in [2.75, 3.05) is 18.5 Å². The maximum absolute atomic E-state index is 5.41. The Bertz CT molecular complexity index is 119. The van der Waals surface area contributed by atoms with Crippen molar-refractivity contribution in [3.63, 3.8) is 0 Å². The van der Waals surface area contributed by atoms with E-state index in [9.17, 15) is 0 Å². The maximum atomic E-state index is 5.41. The average molecular weight is 221 g/mol. The van der Waals surface area contributed by atoms with Gasteiger partial charge >= 0.3 is 0 Å². The predicted molar refractivity (Wildman–Crippen MR) is 53.2 cm³/mol. The summed E-state index contributed by atoms with van der Waals surface area (Å²) < 4.78 is 5.41. The molecule has 0 heterocycles. The summed E-state index contributed by atoms with van der Waals surface area (Å²) >= 11 is 3.44. The van der Waals surface area contributed by atoms with Crippen LogP contribution in [-0.2, 0) is 4.74 Å². The van der Waals surface area contributed by atoms with Crippen molar-refractivity contribution >= 4 is 15.9 Å². The molecule has 0 spiro atoms. The molecule has 0 aliphatic carbocycles. The zero-order valence-electron chi connectivity index (χ0n) is 7.56. The van der Waals surface area contributed by atoms with Gasteiger partial charge in [0.1, 0.15) is 0 Å². The summed E-state index contributed by atoms with van der Waals surface area (Å²) in [5.74, 6) is 0. The lowest BCUT2D eigenvalue weighted by atomic mass is 9.99. The van der Waals surface area contributed by atoms with Gasteiger partial charge in [0.15, 0.2) is 0 Å². The molecule has 0 unspecified atom stereocenters. The number of allylic oxidation sites excluding steroid dienone is 1. The molecular weight excluding hydrogens is 204 g/mol. The molecule has 0 N–H and O–H groups in total. The summed E-state index contributed by atoms with van der Waals surface area (Å²) in [4.78, 5) is 0. The third kappa shape index (κ3) is 6.57. The van der Waals surface area contributed by atoms with Crippen LogP contribution in [0.1, 0.15) is 20.8 Å². The van der Waals surface area contributed by atoms with Crippen LogP contribution >= 0.6 is 15.9 Å². The van der Waals surface area contributed by atoms with Crippen LogP contribution < -0.4 is 0 Å². The van der Waals surface area contributed by atoms with E-state index in [1.807, 2.05) is 19.1 Å². The molecule has 0 atom stereocenters. The minimum absolute atomic E-state index is 0.252. The van der Waals surface area contributed by atoms with Crippen LogP contribution in [0.2, 0.25) is 0 Å². The predicted octanol–water partition coefficient (Wildman–Crippen LogP) is 3.00. The molecule has 0 aromatic heterocycles. The Labute approximate surface area is 78.0 Å². The molecule has 0 aliphatic rings. The van der Waals surface area contributed by atoms with E-state index in [2.05, 4.69) is 29.8 Å². The number of hydrogen-bond donors (Lipinski definition) is 0. The molecule has 0 rings (SSSR count). The number of rotatable bonds is 5. The maximum Gasteiger partial charge on any atom is 0.0647 e. The highest BCUT2D eigenvalue weighted by molar-refractivity contribution is 9.09. The van der Waals surface area contributed by atoms with Crippen molar-refractivity contribution in [2.24, 2.45) is 5.41 Å². The van der Waals surface area contributed by atoms with E-state index in [4.69, 9.17) is 4.74 Å². The van der Waals surface area contributed by atoms with Crippen molar-refractivity contribution in [2.45, 2.75) is 20.8 Å². The average Bonchev–Trinajstić information content (AvgIpc) is 1.99. The van der Waals surface area contributed by atoms with Crippen LogP contribution in [0.15, 0.2) is 12.2 Å². The highest BCUT2D eigenvalue weighted by atomic mass is 79.9. The summed E-state index contributed by atoms with van der Waals surface area (Å²) in [6.07, 6.45) is 4.02. The van der Waals surface area contributed by atoms with Crippen molar-refractivity contribution in [1.82, 2.24) is 0 Å². The Morgan fingerprint density at radius 3 is 2.55 bits per heavy atom. The molecular formula is C9H17BrO. The van der Waals surface area contributed by atoms with Crippen LogP contribution in [0, 0.1) is 5.41 Å². The normalized spacial score (nSPS) is 12.7. The number of ether oxygens (including phenoxy) is 1. The standard InChI is InChI=1S/C9H17BrO/c1-4-5-6-11-8-9(2,3)7-10/h4-5H,6-8H2,1-3H3. The lowest BCUT2D eigenvalue weighted by Gasteiger charge is -2.20. The van der Waals surface area contributed by atoms with Gasteiger partial charge in [-0.25, -0.2) is 0 Å². The molecule has 66 valence electrons. The molecule has 0 saturated heterocycles. The third-order valence-electron chi connectivity index (χ3n) is 1.30. The van der Waals surface area contributed by atoms with Crippen LogP contribution in [-0.4, -0.2) is 18.5 Å². The summed E-state index contributed by atoms with van der Waals surface area (Å²) in [6.45, 7) is 7.89. The fourth-order valence-electron chi connectivity index (χ4n) is 0.538. The Morgan fingerprint density at radius 1 is 1.45 bits per heavy atom. The highest BCUT2D eigenvalue weighted by Gasteiger charge is 2.15. The van der Waals surface area contributed by atoms with E-state index in [0.29, 0.717) is 0 Å². The Balaban J connectivity index is 3.37. The first-order valence-electron chi connectivity index (χ1n) is 3.87. The largest absolute Gasteiger partial charge is 0.377 e. The molecule has 0 fully saturated rings. The SMILES string of the molecule is CC=CCOCC(C)(C)CBr. The van der Waals surface area contributed by atoms with Crippen molar-refractivity contribution in [3.05, 3.63) is 12.2 Å². The smallest absolute Gasteiger partial charge is 0.0647 e. The fraction of sp³-hybridized carbons (Fsp3) is 0.778. The van der Waals surface area contributed by atoms with Crippen LogP contribution in [0.5, 0.6) is 0 Å². The summed E-state index contributed by atoms with van der Waals surface area (Å²) in [5, 5.41) is 0.982. The van der Waals surface area contributed by atoms with Gasteiger partial charge in [-0.3, -0.25) is 0 Å². The van der Waals surface area contributed by atoms with Gasteiger partial charge in [0, 0.05) is 5.33 Å². The van der Waals surface area contributed by atoms with Gasteiger partial charge in [0.05, 0.1) is 13.2 Å². The molecule has 0 amide bonds. The summed E-state index contributed by atoms with van der Waals surface area (Å²) in [7, 11) is 0.